The number of hydrogen-bond acceptors (Lipinski definition) is 8. The zero-order valence-electron chi connectivity index (χ0n) is 16.9. The number of esters is 1. The number of carbonyl (C=O) groups is 2. The molecule has 29 heavy (non-hydrogen) atoms. The van der Waals surface area contributed by atoms with Gasteiger partial charge in [0, 0.05) is 12.5 Å². The molecule has 6 N–H and O–H groups in total. The molecule has 0 unspecified atom stereocenters. The Hall–Kier alpha value is -3.53. The number of amides is 1. The number of benzene rings is 1. The fourth-order valence-electron chi connectivity index (χ4n) is 2.92. The molecule has 0 spiro atoms. The molecule has 0 saturated heterocycles. The summed E-state index contributed by atoms with van der Waals surface area (Å²) in [7, 11) is 1.52. The highest BCUT2D eigenvalue weighted by molar-refractivity contribution is 5.93. The normalized spacial score (nSPS) is 13.9. The van der Waals surface area contributed by atoms with Crippen LogP contribution in [0.2, 0.25) is 0 Å². The van der Waals surface area contributed by atoms with E-state index in [1.807, 2.05) is 13.8 Å². The second-order valence-corrected chi connectivity index (χ2v) is 5.76. The summed E-state index contributed by atoms with van der Waals surface area (Å²) in [6.07, 6.45) is 1.52. The van der Waals surface area contributed by atoms with Crippen molar-refractivity contribution in [3.05, 3.63) is 47.3 Å². The van der Waals surface area contributed by atoms with E-state index in [2.05, 4.69) is 4.98 Å². The second-order valence-electron chi connectivity index (χ2n) is 5.76. The van der Waals surface area contributed by atoms with Crippen LogP contribution in [0.15, 0.2) is 35.9 Å². The number of allylic oxidation sites excluding steroid dienone is 1. The molecule has 0 bridgehead atoms. The summed E-state index contributed by atoms with van der Waals surface area (Å²) in [6, 6.07) is 5.18. The number of carbonyl (C=O) groups excluding carboxylic acids is 2. The molecule has 1 aliphatic heterocycles. The summed E-state index contributed by atoms with van der Waals surface area (Å²) in [4.78, 5) is 28.1. The van der Waals surface area contributed by atoms with Crippen molar-refractivity contribution in [2.75, 3.05) is 18.7 Å². The first-order valence-electron chi connectivity index (χ1n) is 9.14. The summed E-state index contributed by atoms with van der Waals surface area (Å²) in [6.45, 7) is 5.83. The summed E-state index contributed by atoms with van der Waals surface area (Å²) >= 11 is 0. The van der Waals surface area contributed by atoms with Gasteiger partial charge in [0.25, 0.3) is 5.91 Å². The maximum atomic E-state index is 12.2. The SMILES string of the molecule is CC.CCOC(=O)/C(N)=C1\Cc2c(C(N)=O)ncn2-c2ccc(OC)cc2N1N. The smallest absolute Gasteiger partial charge is 0.356 e. The number of nitrogens with two attached hydrogens (primary N) is 3. The Balaban J connectivity index is 0.00000145. The Morgan fingerprint density at radius 1 is 1.21 bits per heavy atom. The number of nitrogens with zero attached hydrogens (tertiary/aromatic N) is 3. The van der Waals surface area contributed by atoms with Gasteiger partial charge in [0.15, 0.2) is 0 Å². The number of methoxy groups -OCH3 is 1. The van der Waals surface area contributed by atoms with Gasteiger partial charge < -0.3 is 20.9 Å². The number of rotatable bonds is 4. The van der Waals surface area contributed by atoms with Gasteiger partial charge in [-0.05, 0) is 19.1 Å². The van der Waals surface area contributed by atoms with Crippen molar-refractivity contribution in [2.45, 2.75) is 27.2 Å². The first-order chi connectivity index (χ1) is 13.9. The highest BCUT2D eigenvalue weighted by Gasteiger charge is 2.29. The molecule has 2 heterocycles. The quantitative estimate of drug-likeness (QED) is 0.389. The number of fused-ring (bicyclic) bond motifs is 3. The van der Waals surface area contributed by atoms with Crippen molar-refractivity contribution in [1.29, 1.82) is 0 Å². The molecule has 1 aromatic heterocycles. The average Bonchev–Trinajstić information content (AvgIpc) is 3.11. The van der Waals surface area contributed by atoms with Gasteiger partial charge >= 0.3 is 5.97 Å². The summed E-state index contributed by atoms with van der Waals surface area (Å²) in [5.74, 6) is 5.45. The number of anilines is 1. The third-order valence-electron chi connectivity index (χ3n) is 4.23. The third kappa shape index (κ3) is 4.02. The lowest BCUT2D eigenvalue weighted by Crippen LogP contribution is -2.35. The largest absolute Gasteiger partial charge is 0.497 e. The number of imidazole rings is 1. The van der Waals surface area contributed by atoms with E-state index in [0.29, 0.717) is 22.8 Å². The predicted molar refractivity (Wildman–Crippen MR) is 108 cm³/mol. The van der Waals surface area contributed by atoms with E-state index in [9.17, 15) is 9.59 Å². The number of hydrogen-bond donors (Lipinski definition) is 3. The topological polar surface area (TPSA) is 152 Å². The first kappa shape index (κ1) is 21.8. The monoisotopic (exact) mass is 402 g/mol. The Morgan fingerprint density at radius 3 is 2.48 bits per heavy atom. The Morgan fingerprint density at radius 2 is 1.90 bits per heavy atom. The molecular formula is C19H26N6O4. The van der Waals surface area contributed by atoms with Crippen molar-refractivity contribution in [1.82, 2.24) is 9.55 Å². The van der Waals surface area contributed by atoms with Gasteiger partial charge in [-0.2, -0.15) is 0 Å². The lowest BCUT2D eigenvalue weighted by atomic mass is 10.1. The van der Waals surface area contributed by atoms with E-state index in [0.717, 1.165) is 0 Å². The fraction of sp³-hybridized carbons (Fsp3) is 0.316. The molecule has 0 radical (unpaired) electrons. The van der Waals surface area contributed by atoms with Crippen molar-refractivity contribution in [3.8, 4) is 11.4 Å². The Kier molecular flexibility index (Phi) is 6.84. The first-order valence-corrected chi connectivity index (χ1v) is 9.14. The van der Waals surface area contributed by atoms with Gasteiger partial charge in [-0.25, -0.2) is 15.6 Å². The van der Waals surface area contributed by atoms with E-state index in [4.69, 9.17) is 26.8 Å². The number of aromatic nitrogens is 2. The van der Waals surface area contributed by atoms with E-state index < -0.39 is 11.9 Å². The molecule has 10 heteroatoms. The van der Waals surface area contributed by atoms with Crippen LogP contribution in [0.25, 0.3) is 5.69 Å². The minimum Gasteiger partial charge on any atom is -0.497 e. The van der Waals surface area contributed by atoms with Crippen molar-refractivity contribution < 1.29 is 19.1 Å². The average molecular weight is 402 g/mol. The minimum atomic E-state index is -0.707. The van der Waals surface area contributed by atoms with Gasteiger partial charge in [-0.15, -0.1) is 0 Å². The molecular weight excluding hydrogens is 376 g/mol. The van der Waals surface area contributed by atoms with Crippen LogP contribution in [0.1, 0.15) is 37.0 Å². The third-order valence-corrected chi connectivity index (χ3v) is 4.23. The molecule has 1 aliphatic rings. The van der Waals surface area contributed by atoms with Crippen LogP contribution in [-0.4, -0.2) is 35.1 Å². The maximum Gasteiger partial charge on any atom is 0.356 e. The molecule has 0 fully saturated rings. The maximum absolute atomic E-state index is 12.2. The second kappa shape index (κ2) is 9.11. The zero-order valence-corrected chi connectivity index (χ0v) is 16.9. The van der Waals surface area contributed by atoms with Crippen LogP contribution in [0.4, 0.5) is 5.69 Å². The summed E-state index contributed by atoms with van der Waals surface area (Å²) in [5, 5.41) is 1.28. The number of primary amides is 1. The van der Waals surface area contributed by atoms with Crippen LogP contribution in [0, 0.1) is 0 Å². The van der Waals surface area contributed by atoms with Gasteiger partial charge in [-0.1, -0.05) is 13.8 Å². The van der Waals surface area contributed by atoms with Gasteiger partial charge in [0.2, 0.25) is 0 Å². The fourth-order valence-corrected chi connectivity index (χ4v) is 2.92. The van der Waals surface area contributed by atoms with E-state index in [1.54, 1.807) is 29.7 Å². The van der Waals surface area contributed by atoms with Gasteiger partial charge in [0.1, 0.15) is 23.5 Å². The minimum absolute atomic E-state index is 0.0520. The number of hydrazine groups is 1. The standard InChI is InChI=1S/C17H20N6O4.C2H6/c1-3-27-17(25)14(18)12-7-13-15(16(19)24)21-8-22(13)10-5-4-9(26-2)6-11(10)23(12)20;1-2/h4-6,8H,3,7,18,20H2,1-2H3,(H2,19,24);1-2H3/b14-12-;. The van der Waals surface area contributed by atoms with Crippen LogP contribution in [0.5, 0.6) is 5.75 Å². The molecule has 0 saturated carbocycles. The summed E-state index contributed by atoms with van der Waals surface area (Å²) in [5.41, 5.74) is 13.2. The van der Waals surface area contributed by atoms with Crippen molar-refractivity contribution >= 4 is 17.6 Å². The van der Waals surface area contributed by atoms with E-state index >= 15 is 0 Å². The number of ether oxygens (including phenoxy) is 2. The van der Waals surface area contributed by atoms with E-state index in [-0.39, 0.29) is 30.1 Å². The molecule has 0 atom stereocenters. The van der Waals surface area contributed by atoms with Crippen LogP contribution in [0.3, 0.4) is 0 Å². The lowest BCUT2D eigenvalue weighted by molar-refractivity contribution is -0.138. The van der Waals surface area contributed by atoms with Crippen LogP contribution < -0.4 is 27.1 Å². The Bertz CT molecular complexity index is 950. The van der Waals surface area contributed by atoms with Crippen LogP contribution >= 0.6 is 0 Å². The van der Waals surface area contributed by atoms with E-state index in [1.165, 1.54) is 18.4 Å². The molecule has 1 amide bonds. The molecule has 3 rings (SSSR count). The van der Waals surface area contributed by atoms with Crippen LogP contribution in [-0.2, 0) is 16.0 Å². The highest BCUT2D eigenvalue weighted by atomic mass is 16.5. The van der Waals surface area contributed by atoms with Crippen molar-refractivity contribution in [3.63, 3.8) is 0 Å². The summed E-state index contributed by atoms with van der Waals surface area (Å²) < 4.78 is 11.9. The molecule has 10 nitrogen and oxygen atoms in total. The van der Waals surface area contributed by atoms with Crippen molar-refractivity contribution in [2.24, 2.45) is 17.3 Å². The Labute approximate surface area is 168 Å². The molecule has 2 aromatic rings. The molecule has 0 aliphatic carbocycles. The molecule has 1 aromatic carbocycles. The van der Waals surface area contributed by atoms with Gasteiger partial charge in [0.05, 0.1) is 36.5 Å². The lowest BCUT2D eigenvalue weighted by Gasteiger charge is -2.23. The predicted octanol–water partition coefficient (Wildman–Crippen LogP) is 0.976. The molecule has 156 valence electrons. The van der Waals surface area contributed by atoms with Gasteiger partial charge in [-0.3, -0.25) is 14.4 Å². The highest BCUT2D eigenvalue weighted by Crippen LogP contribution is 2.35. The zero-order chi connectivity index (χ0) is 21.7.